The minimum absolute atomic E-state index is 0.208. The molecule has 0 saturated heterocycles. The van der Waals surface area contributed by atoms with Gasteiger partial charge in [0, 0.05) is 22.0 Å². The molecule has 8 heteroatoms. The number of benzene rings is 3. The summed E-state index contributed by atoms with van der Waals surface area (Å²) in [5.74, 6) is 1.03. The fourth-order valence-corrected chi connectivity index (χ4v) is 4.58. The van der Waals surface area contributed by atoms with Gasteiger partial charge in [0.2, 0.25) is 5.95 Å². The van der Waals surface area contributed by atoms with Crippen molar-refractivity contribution >= 4 is 29.1 Å². The van der Waals surface area contributed by atoms with Crippen LogP contribution in [0.1, 0.15) is 35.2 Å². The Bertz CT molecular complexity index is 1480. The lowest BCUT2D eigenvalue weighted by molar-refractivity contribution is -0.113. The first-order chi connectivity index (χ1) is 17.4. The summed E-state index contributed by atoms with van der Waals surface area (Å²) in [7, 11) is 0. The van der Waals surface area contributed by atoms with E-state index in [-0.39, 0.29) is 5.91 Å². The molecule has 182 valence electrons. The summed E-state index contributed by atoms with van der Waals surface area (Å²) in [6, 6.07) is 20.7. The number of carbonyl (C=O) groups excluding carboxylic acids is 1. The lowest BCUT2D eigenvalue weighted by Gasteiger charge is -2.29. The molecule has 1 aromatic heterocycles. The topological polar surface area (TPSA) is 81.1 Å². The third-order valence-corrected chi connectivity index (χ3v) is 6.56. The number of amides is 1. The number of carbonyl (C=O) groups is 1. The molecule has 2 heterocycles. The zero-order valence-electron chi connectivity index (χ0n) is 20.2. The van der Waals surface area contributed by atoms with Gasteiger partial charge in [-0.1, -0.05) is 59.6 Å². The molecule has 1 aliphatic heterocycles. The molecule has 4 aromatic rings. The van der Waals surface area contributed by atoms with Crippen molar-refractivity contribution in [3.05, 3.63) is 112 Å². The third-order valence-electron chi connectivity index (χ3n) is 6.20. The summed E-state index contributed by atoms with van der Waals surface area (Å²) >= 11 is 6.29. The molecule has 0 bridgehead atoms. The summed E-state index contributed by atoms with van der Waals surface area (Å²) in [6.45, 7) is 6.22. The van der Waals surface area contributed by atoms with Gasteiger partial charge < -0.3 is 15.4 Å². The fourth-order valence-electron chi connectivity index (χ4n) is 4.39. The van der Waals surface area contributed by atoms with E-state index in [1.54, 1.807) is 4.68 Å². The Morgan fingerprint density at radius 3 is 2.72 bits per heavy atom. The van der Waals surface area contributed by atoms with Crippen molar-refractivity contribution in [2.24, 2.45) is 0 Å². The second-order valence-corrected chi connectivity index (χ2v) is 9.23. The number of nitrogens with one attached hydrogen (secondary N) is 2. The van der Waals surface area contributed by atoms with Gasteiger partial charge in [0.1, 0.15) is 24.7 Å². The highest BCUT2D eigenvalue weighted by atomic mass is 35.5. The second-order valence-electron chi connectivity index (χ2n) is 8.82. The molecule has 0 aliphatic carbocycles. The lowest BCUT2D eigenvalue weighted by atomic mass is 9.94. The van der Waals surface area contributed by atoms with Gasteiger partial charge >= 0.3 is 0 Å². The van der Waals surface area contributed by atoms with Crippen LogP contribution >= 0.6 is 11.6 Å². The monoisotopic (exact) mass is 499 g/mol. The van der Waals surface area contributed by atoms with E-state index < -0.39 is 6.04 Å². The van der Waals surface area contributed by atoms with Crippen LogP contribution < -0.4 is 15.4 Å². The molecule has 0 radical (unpaired) electrons. The van der Waals surface area contributed by atoms with E-state index >= 15 is 0 Å². The number of anilines is 2. The van der Waals surface area contributed by atoms with Gasteiger partial charge in [0.15, 0.2) is 0 Å². The maximum Gasteiger partial charge on any atom is 0.255 e. The zero-order valence-corrected chi connectivity index (χ0v) is 21.0. The van der Waals surface area contributed by atoms with E-state index in [0.29, 0.717) is 34.6 Å². The molecule has 0 saturated carbocycles. The van der Waals surface area contributed by atoms with Gasteiger partial charge in [-0.15, -0.1) is 0 Å². The highest BCUT2D eigenvalue weighted by Crippen LogP contribution is 2.36. The quantitative estimate of drug-likeness (QED) is 0.337. The second kappa shape index (κ2) is 9.87. The summed E-state index contributed by atoms with van der Waals surface area (Å²) in [5.41, 5.74) is 5.92. The highest BCUT2D eigenvalue weighted by Gasteiger charge is 2.33. The first-order valence-corrected chi connectivity index (χ1v) is 12.0. The minimum atomic E-state index is -0.488. The molecule has 0 fully saturated rings. The van der Waals surface area contributed by atoms with Crippen LogP contribution in [0.15, 0.2) is 84.3 Å². The number of fused-ring (bicyclic) bond motifs is 1. The Hall–Kier alpha value is -4.10. The zero-order chi connectivity index (χ0) is 25.2. The van der Waals surface area contributed by atoms with Crippen LogP contribution in [0, 0.1) is 13.8 Å². The Morgan fingerprint density at radius 2 is 1.92 bits per heavy atom. The smallest absolute Gasteiger partial charge is 0.255 e. The number of aromatic nitrogens is 3. The number of rotatable bonds is 6. The molecule has 0 unspecified atom stereocenters. The lowest BCUT2D eigenvalue weighted by Crippen LogP contribution is -2.31. The number of halogens is 1. The van der Waals surface area contributed by atoms with Gasteiger partial charge in [-0.05, 0) is 56.2 Å². The number of ether oxygens (including phenoxy) is 1. The predicted molar refractivity (Wildman–Crippen MR) is 141 cm³/mol. The van der Waals surface area contributed by atoms with Crippen LogP contribution in [0.25, 0.3) is 0 Å². The third kappa shape index (κ3) is 4.70. The summed E-state index contributed by atoms with van der Waals surface area (Å²) < 4.78 is 7.78. The van der Waals surface area contributed by atoms with E-state index in [1.165, 1.54) is 6.33 Å². The maximum atomic E-state index is 13.6. The molecule has 1 amide bonds. The van der Waals surface area contributed by atoms with Crippen molar-refractivity contribution in [2.75, 3.05) is 10.6 Å². The largest absolute Gasteiger partial charge is 0.489 e. The fraction of sp³-hybridized carbons (Fsp3) is 0.179. The molecule has 3 aromatic carbocycles. The van der Waals surface area contributed by atoms with Gasteiger partial charge in [0.05, 0.1) is 5.57 Å². The van der Waals surface area contributed by atoms with Crippen molar-refractivity contribution in [3.8, 4) is 5.75 Å². The average Bonchev–Trinajstić information content (AvgIpc) is 3.32. The number of allylic oxidation sites excluding steroid dienone is 1. The van der Waals surface area contributed by atoms with E-state index in [9.17, 15) is 4.79 Å². The maximum absolute atomic E-state index is 13.6. The Balaban J connectivity index is 1.47. The standard InChI is InChI=1S/C28H26ClN5O2/c1-17-11-12-24(18(2)13-17)33-27(35)25-19(3)32-28-30-16-31-34(28)26(25)20-8-6-9-22(14-20)36-15-21-7-4-5-10-23(21)29/h4-14,16,26H,15H2,1-3H3,(H,33,35)(H,30,31,32)/t26-/m1/s1. The van der Waals surface area contributed by atoms with Crippen molar-refractivity contribution in [1.29, 1.82) is 0 Å². The normalized spacial score (nSPS) is 14.7. The van der Waals surface area contributed by atoms with Crippen LogP contribution in [-0.2, 0) is 11.4 Å². The minimum Gasteiger partial charge on any atom is -0.489 e. The van der Waals surface area contributed by atoms with E-state index in [2.05, 4.69) is 20.7 Å². The van der Waals surface area contributed by atoms with Crippen molar-refractivity contribution in [3.63, 3.8) is 0 Å². The first-order valence-electron chi connectivity index (χ1n) is 11.6. The first kappa shape index (κ1) is 23.6. The summed E-state index contributed by atoms with van der Waals surface area (Å²) in [5, 5.41) is 11.4. The number of hydrogen-bond acceptors (Lipinski definition) is 5. The molecule has 36 heavy (non-hydrogen) atoms. The molecular weight excluding hydrogens is 474 g/mol. The SMILES string of the molecule is CC1=C(C(=O)Nc2ccc(C)cc2C)[C@@H](c2cccc(OCc3ccccc3Cl)c2)n2ncnc2N1. The highest BCUT2D eigenvalue weighted by molar-refractivity contribution is 6.31. The predicted octanol–water partition coefficient (Wildman–Crippen LogP) is 6.05. The van der Waals surface area contributed by atoms with Crippen molar-refractivity contribution in [1.82, 2.24) is 14.8 Å². The molecule has 5 rings (SSSR count). The Labute approximate surface area is 214 Å². The van der Waals surface area contributed by atoms with Gasteiger partial charge in [-0.3, -0.25) is 4.79 Å². The van der Waals surface area contributed by atoms with Crippen LogP contribution in [0.2, 0.25) is 5.02 Å². The van der Waals surface area contributed by atoms with Crippen LogP contribution in [0.4, 0.5) is 11.6 Å². The Morgan fingerprint density at radius 1 is 1.08 bits per heavy atom. The van der Waals surface area contributed by atoms with Gasteiger partial charge in [-0.25, -0.2) is 4.68 Å². The molecule has 1 aliphatic rings. The number of aryl methyl sites for hydroxylation is 2. The van der Waals surface area contributed by atoms with E-state index in [4.69, 9.17) is 16.3 Å². The van der Waals surface area contributed by atoms with Crippen LogP contribution in [-0.4, -0.2) is 20.7 Å². The Kier molecular flexibility index (Phi) is 6.48. The average molecular weight is 500 g/mol. The van der Waals surface area contributed by atoms with Gasteiger partial charge in [0.25, 0.3) is 5.91 Å². The number of nitrogens with zero attached hydrogens (tertiary/aromatic N) is 3. The number of hydrogen-bond donors (Lipinski definition) is 2. The summed E-state index contributed by atoms with van der Waals surface area (Å²) in [4.78, 5) is 18.0. The summed E-state index contributed by atoms with van der Waals surface area (Å²) in [6.07, 6.45) is 1.48. The molecule has 7 nitrogen and oxygen atoms in total. The molecule has 2 N–H and O–H groups in total. The van der Waals surface area contributed by atoms with Gasteiger partial charge in [-0.2, -0.15) is 10.1 Å². The van der Waals surface area contributed by atoms with Crippen molar-refractivity contribution < 1.29 is 9.53 Å². The van der Waals surface area contributed by atoms with E-state index in [0.717, 1.165) is 27.9 Å². The van der Waals surface area contributed by atoms with Crippen molar-refractivity contribution in [2.45, 2.75) is 33.4 Å². The molecule has 1 atom stereocenters. The van der Waals surface area contributed by atoms with Crippen LogP contribution in [0.5, 0.6) is 5.75 Å². The van der Waals surface area contributed by atoms with E-state index in [1.807, 2.05) is 87.5 Å². The molecular formula is C28H26ClN5O2. The molecule has 0 spiro atoms. The van der Waals surface area contributed by atoms with Crippen LogP contribution in [0.3, 0.4) is 0 Å².